The van der Waals surface area contributed by atoms with Gasteiger partial charge in [-0.05, 0) is 31.0 Å². The number of fused-ring (bicyclic) bond motifs is 1. The van der Waals surface area contributed by atoms with Crippen molar-refractivity contribution in [1.82, 2.24) is 15.6 Å². The highest BCUT2D eigenvalue weighted by Crippen LogP contribution is 2.21. The van der Waals surface area contributed by atoms with Gasteiger partial charge in [0.25, 0.3) is 0 Å². The largest absolute Gasteiger partial charge is 0.309 e. The van der Waals surface area contributed by atoms with E-state index < -0.39 is 0 Å². The smallest absolute Gasteiger partial charge is 0.0897 e. The van der Waals surface area contributed by atoms with Gasteiger partial charge in [-0.15, -0.1) is 11.3 Å². The first-order chi connectivity index (χ1) is 9.33. The average Bonchev–Trinajstić information content (AvgIpc) is 2.85. The predicted molar refractivity (Wildman–Crippen MR) is 79.4 cm³/mol. The Kier molecular flexibility index (Phi) is 3.92. The fourth-order valence-corrected chi connectivity index (χ4v) is 3.22. The molecule has 0 spiro atoms. The molecule has 2 aromatic rings. The van der Waals surface area contributed by atoms with E-state index in [1.54, 1.807) is 11.3 Å². The number of hydrogen-bond donors (Lipinski definition) is 2. The second kappa shape index (κ2) is 5.82. The molecule has 1 unspecified atom stereocenters. The van der Waals surface area contributed by atoms with E-state index in [9.17, 15) is 0 Å². The summed E-state index contributed by atoms with van der Waals surface area (Å²) in [5.74, 6) is 0. The Bertz CT molecular complexity index is 550. The van der Waals surface area contributed by atoms with Crippen LogP contribution in [0.3, 0.4) is 0 Å². The van der Waals surface area contributed by atoms with Crippen molar-refractivity contribution in [2.24, 2.45) is 0 Å². The lowest BCUT2D eigenvalue weighted by atomic mass is 9.94. The summed E-state index contributed by atoms with van der Waals surface area (Å²) in [6.45, 7) is 4.92. The van der Waals surface area contributed by atoms with Crippen LogP contribution in [0.2, 0.25) is 0 Å². The normalized spacial score (nSPS) is 18.3. The molecular formula is C15H19N3S. The highest BCUT2D eigenvalue weighted by Gasteiger charge is 2.18. The molecule has 1 aromatic carbocycles. The van der Waals surface area contributed by atoms with Gasteiger partial charge in [-0.2, -0.15) is 0 Å². The van der Waals surface area contributed by atoms with Gasteiger partial charge < -0.3 is 10.6 Å². The second-order valence-corrected chi connectivity index (χ2v) is 6.01. The van der Waals surface area contributed by atoms with Crippen LogP contribution in [-0.4, -0.2) is 18.1 Å². The van der Waals surface area contributed by atoms with Crippen LogP contribution in [0.4, 0.5) is 0 Å². The van der Waals surface area contributed by atoms with E-state index in [-0.39, 0.29) is 0 Å². The minimum Gasteiger partial charge on any atom is -0.309 e. The summed E-state index contributed by atoms with van der Waals surface area (Å²) < 4.78 is 0. The molecule has 1 aliphatic rings. The van der Waals surface area contributed by atoms with Gasteiger partial charge in [-0.1, -0.05) is 24.3 Å². The topological polar surface area (TPSA) is 37.0 Å². The minimum absolute atomic E-state index is 0.421. The summed E-state index contributed by atoms with van der Waals surface area (Å²) in [7, 11) is 0. The van der Waals surface area contributed by atoms with Crippen molar-refractivity contribution in [2.75, 3.05) is 13.1 Å². The molecule has 0 bridgehead atoms. The highest BCUT2D eigenvalue weighted by molar-refractivity contribution is 7.09. The van der Waals surface area contributed by atoms with Crippen molar-refractivity contribution in [2.45, 2.75) is 25.9 Å². The van der Waals surface area contributed by atoms with Crippen molar-refractivity contribution in [3.63, 3.8) is 0 Å². The minimum atomic E-state index is 0.421. The molecule has 0 amide bonds. The molecule has 0 aliphatic carbocycles. The zero-order valence-electron chi connectivity index (χ0n) is 11.1. The van der Waals surface area contributed by atoms with Crippen molar-refractivity contribution in [1.29, 1.82) is 0 Å². The van der Waals surface area contributed by atoms with Crippen LogP contribution in [0.5, 0.6) is 0 Å². The van der Waals surface area contributed by atoms with Crippen LogP contribution in [0, 0.1) is 6.92 Å². The lowest BCUT2D eigenvalue weighted by molar-refractivity contribution is 0.467. The van der Waals surface area contributed by atoms with E-state index >= 15 is 0 Å². The number of aryl methyl sites for hydroxylation is 1. The van der Waals surface area contributed by atoms with E-state index in [4.69, 9.17) is 0 Å². The summed E-state index contributed by atoms with van der Waals surface area (Å²) in [6.07, 6.45) is 1.14. The molecule has 100 valence electrons. The monoisotopic (exact) mass is 273 g/mol. The zero-order valence-corrected chi connectivity index (χ0v) is 12.0. The third kappa shape index (κ3) is 3.03. The van der Waals surface area contributed by atoms with Crippen LogP contribution < -0.4 is 10.6 Å². The quantitative estimate of drug-likeness (QED) is 0.898. The van der Waals surface area contributed by atoms with Gasteiger partial charge in [0.05, 0.1) is 10.7 Å². The van der Waals surface area contributed by atoms with E-state index in [1.807, 2.05) is 6.92 Å². The number of rotatable bonds is 4. The van der Waals surface area contributed by atoms with Gasteiger partial charge in [0.2, 0.25) is 0 Å². The summed E-state index contributed by atoms with van der Waals surface area (Å²) in [4.78, 5) is 4.47. The number of aromatic nitrogens is 1. The molecular weight excluding hydrogens is 254 g/mol. The maximum absolute atomic E-state index is 4.47. The Hall–Kier alpha value is -1.23. The first-order valence-electron chi connectivity index (χ1n) is 6.76. The Morgan fingerprint density at radius 2 is 2.32 bits per heavy atom. The van der Waals surface area contributed by atoms with E-state index in [0.717, 1.165) is 36.8 Å². The molecule has 0 saturated heterocycles. The fourth-order valence-electron chi connectivity index (χ4n) is 2.61. The summed E-state index contributed by atoms with van der Waals surface area (Å²) >= 11 is 1.71. The van der Waals surface area contributed by atoms with Crippen LogP contribution >= 0.6 is 11.3 Å². The van der Waals surface area contributed by atoms with Crippen molar-refractivity contribution in [3.05, 3.63) is 51.5 Å². The molecule has 1 aliphatic heterocycles. The Labute approximate surface area is 118 Å². The molecule has 1 aromatic heterocycles. The summed E-state index contributed by atoms with van der Waals surface area (Å²) in [5, 5.41) is 10.4. The molecule has 19 heavy (non-hydrogen) atoms. The first-order valence-corrected chi connectivity index (χ1v) is 7.64. The van der Waals surface area contributed by atoms with Gasteiger partial charge in [0.1, 0.15) is 0 Å². The summed E-state index contributed by atoms with van der Waals surface area (Å²) in [5.41, 5.74) is 4.07. The van der Waals surface area contributed by atoms with Gasteiger partial charge in [0, 0.05) is 24.5 Å². The van der Waals surface area contributed by atoms with Gasteiger partial charge >= 0.3 is 0 Å². The fraction of sp³-hybridized carbons (Fsp3) is 0.400. The van der Waals surface area contributed by atoms with Crippen LogP contribution in [0.15, 0.2) is 29.6 Å². The van der Waals surface area contributed by atoms with Crippen molar-refractivity contribution >= 4 is 11.3 Å². The Morgan fingerprint density at radius 3 is 3.16 bits per heavy atom. The molecule has 1 atom stereocenters. The third-order valence-electron chi connectivity index (χ3n) is 3.54. The van der Waals surface area contributed by atoms with E-state index in [2.05, 4.69) is 45.3 Å². The van der Waals surface area contributed by atoms with Crippen molar-refractivity contribution < 1.29 is 0 Å². The van der Waals surface area contributed by atoms with Gasteiger partial charge in [-0.3, -0.25) is 0 Å². The van der Waals surface area contributed by atoms with Crippen LogP contribution in [-0.2, 0) is 13.0 Å². The lowest BCUT2D eigenvalue weighted by Crippen LogP contribution is -2.36. The molecule has 3 rings (SSSR count). The van der Waals surface area contributed by atoms with E-state index in [1.165, 1.54) is 11.1 Å². The molecule has 2 heterocycles. The summed E-state index contributed by atoms with van der Waals surface area (Å²) in [6, 6.07) is 9.16. The van der Waals surface area contributed by atoms with Gasteiger partial charge in [0.15, 0.2) is 0 Å². The number of nitrogens with one attached hydrogen (secondary N) is 2. The second-order valence-electron chi connectivity index (χ2n) is 4.94. The highest BCUT2D eigenvalue weighted by atomic mass is 32.1. The third-order valence-corrected chi connectivity index (χ3v) is 4.36. The standard InChI is InChI=1S/C15H19N3S/c1-11-18-13(10-19-11)8-16-9-15-14-5-3-2-4-12(14)6-7-17-15/h2-5,10,15-17H,6-9H2,1H3. The lowest BCUT2D eigenvalue weighted by Gasteiger charge is -2.27. The number of hydrogen-bond acceptors (Lipinski definition) is 4. The van der Waals surface area contributed by atoms with Crippen LogP contribution in [0.1, 0.15) is 27.9 Å². The average molecular weight is 273 g/mol. The predicted octanol–water partition coefficient (Wildman–Crippen LogP) is 2.43. The molecule has 3 nitrogen and oxygen atoms in total. The first kappa shape index (κ1) is 12.8. The zero-order chi connectivity index (χ0) is 13.1. The molecule has 0 fully saturated rings. The maximum Gasteiger partial charge on any atom is 0.0897 e. The molecule has 0 saturated carbocycles. The van der Waals surface area contributed by atoms with E-state index in [0.29, 0.717) is 6.04 Å². The maximum atomic E-state index is 4.47. The molecule has 4 heteroatoms. The molecule has 0 radical (unpaired) electrons. The number of nitrogens with zero attached hydrogens (tertiary/aromatic N) is 1. The van der Waals surface area contributed by atoms with Crippen molar-refractivity contribution in [3.8, 4) is 0 Å². The van der Waals surface area contributed by atoms with Crippen LogP contribution in [0.25, 0.3) is 0 Å². The number of thiazole rings is 1. The Balaban J connectivity index is 1.59. The Morgan fingerprint density at radius 1 is 1.42 bits per heavy atom. The van der Waals surface area contributed by atoms with Gasteiger partial charge in [-0.25, -0.2) is 4.98 Å². The molecule has 2 N–H and O–H groups in total. The SMILES string of the molecule is Cc1nc(CNCC2NCCc3ccccc32)cs1. The number of benzene rings is 1.